The number of pyridine rings is 2. The maximum absolute atomic E-state index is 11.8. The summed E-state index contributed by atoms with van der Waals surface area (Å²) < 4.78 is 31.3. The van der Waals surface area contributed by atoms with Gasteiger partial charge in [0, 0.05) is 16.5 Å². The van der Waals surface area contributed by atoms with Gasteiger partial charge in [-0.15, -0.1) is 12.4 Å². The van der Waals surface area contributed by atoms with Gasteiger partial charge in [-0.1, -0.05) is 23.7 Å². The number of para-hydroxylation sites is 2. The van der Waals surface area contributed by atoms with Crippen molar-refractivity contribution in [3.63, 3.8) is 0 Å². The molecule has 0 spiro atoms. The third-order valence-electron chi connectivity index (χ3n) is 4.25. The number of aromatic nitrogens is 2. The molecular formula is C20H18Cl2N4O3S. The summed E-state index contributed by atoms with van der Waals surface area (Å²) in [7, 11) is -1.91. The van der Waals surface area contributed by atoms with Gasteiger partial charge in [-0.2, -0.15) is 0 Å². The highest BCUT2D eigenvalue weighted by atomic mass is 35.5. The summed E-state index contributed by atoms with van der Waals surface area (Å²) in [6.07, 6.45) is 1.11. The molecule has 0 saturated carbocycles. The number of halogens is 2. The molecule has 0 fully saturated rings. The van der Waals surface area contributed by atoms with Crippen molar-refractivity contribution in [2.45, 2.75) is 0 Å². The number of methoxy groups -OCH3 is 1. The lowest BCUT2D eigenvalue weighted by Crippen LogP contribution is -2.11. The third kappa shape index (κ3) is 4.51. The molecule has 156 valence electrons. The monoisotopic (exact) mass is 464 g/mol. The van der Waals surface area contributed by atoms with Crippen LogP contribution in [0.3, 0.4) is 0 Å². The van der Waals surface area contributed by atoms with Gasteiger partial charge in [-0.25, -0.2) is 18.4 Å². The summed E-state index contributed by atoms with van der Waals surface area (Å²) in [5, 5.41) is 4.68. The van der Waals surface area contributed by atoms with Crippen LogP contribution in [0.4, 0.5) is 17.1 Å². The van der Waals surface area contributed by atoms with E-state index < -0.39 is 10.0 Å². The molecule has 0 aliphatic carbocycles. The van der Waals surface area contributed by atoms with Crippen LogP contribution < -0.4 is 14.8 Å². The largest absolute Gasteiger partial charge is 0.481 e. The highest BCUT2D eigenvalue weighted by Gasteiger charge is 2.15. The molecule has 0 saturated heterocycles. The zero-order valence-electron chi connectivity index (χ0n) is 16.0. The van der Waals surface area contributed by atoms with Gasteiger partial charge in [0.05, 0.1) is 41.5 Å². The number of nitrogens with one attached hydrogen (secondary N) is 2. The molecule has 4 rings (SSSR count). The molecule has 0 atom stereocenters. The topological polar surface area (TPSA) is 93.2 Å². The molecule has 0 bridgehead atoms. The van der Waals surface area contributed by atoms with Crippen molar-refractivity contribution < 1.29 is 13.2 Å². The average Bonchev–Trinajstić information content (AvgIpc) is 2.67. The first-order valence-corrected chi connectivity index (χ1v) is 10.9. The number of anilines is 3. The second-order valence-electron chi connectivity index (χ2n) is 6.41. The van der Waals surface area contributed by atoms with E-state index >= 15 is 0 Å². The maximum atomic E-state index is 11.8. The predicted octanol–water partition coefficient (Wildman–Crippen LogP) is 4.98. The van der Waals surface area contributed by atoms with E-state index in [0.717, 1.165) is 11.6 Å². The Morgan fingerprint density at radius 3 is 2.40 bits per heavy atom. The number of fused-ring (bicyclic) bond motifs is 2. The normalized spacial score (nSPS) is 11.2. The lowest BCUT2D eigenvalue weighted by Gasteiger charge is -2.16. The van der Waals surface area contributed by atoms with Crippen LogP contribution in [0.2, 0.25) is 5.02 Å². The van der Waals surface area contributed by atoms with E-state index in [2.05, 4.69) is 20.0 Å². The number of benzene rings is 2. The van der Waals surface area contributed by atoms with Crippen molar-refractivity contribution in [1.82, 2.24) is 9.97 Å². The predicted molar refractivity (Wildman–Crippen MR) is 124 cm³/mol. The number of nitrogens with zero attached hydrogens (tertiary/aromatic N) is 2. The van der Waals surface area contributed by atoms with Gasteiger partial charge >= 0.3 is 0 Å². The Morgan fingerprint density at radius 1 is 0.967 bits per heavy atom. The highest BCUT2D eigenvalue weighted by Crippen LogP contribution is 2.36. The Morgan fingerprint density at radius 2 is 1.70 bits per heavy atom. The van der Waals surface area contributed by atoms with Gasteiger partial charge in [0.1, 0.15) is 5.52 Å². The molecule has 0 amide bonds. The summed E-state index contributed by atoms with van der Waals surface area (Å²) in [5.41, 5.74) is 3.59. The first-order chi connectivity index (χ1) is 13.8. The Bertz CT molecular complexity index is 1350. The van der Waals surface area contributed by atoms with Crippen molar-refractivity contribution in [3.05, 3.63) is 59.6 Å². The van der Waals surface area contributed by atoms with Crippen LogP contribution in [0, 0.1) is 0 Å². The molecule has 2 heterocycles. The molecule has 4 aromatic rings. The van der Waals surface area contributed by atoms with E-state index in [0.29, 0.717) is 44.5 Å². The van der Waals surface area contributed by atoms with Crippen LogP contribution in [-0.2, 0) is 10.0 Å². The van der Waals surface area contributed by atoms with Crippen LogP contribution in [0.5, 0.6) is 5.88 Å². The minimum atomic E-state index is -3.45. The van der Waals surface area contributed by atoms with Crippen molar-refractivity contribution in [1.29, 1.82) is 0 Å². The van der Waals surface area contributed by atoms with Gasteiger partial charge in [0.25, 0.3) is 0 Å². The fourth-order valence-corrected chi connectivity index (χ4v) is 3.77. The van der Waals surface area contributed by atoms with Crippen LogP contribution in [0.25, 0.3) is 21.9 Å². The Kier molecular flexibility index (Phi) is 6.21. The fraction of sp³-hybridized carbons (Fsp3) is 0.100. The minimum Gasteiger partial charge on any atom is -0.481 e. The maximum Gasteiger partial charge on any atom is 0.229 e. The number of hydrogen-bond acceptors (Lipinski definition) is 6. The van der Waals surface area contributed by atoms with Crippen LogP contribution >= 0.6 is 24.0 Å². The first kappa shape index (κ1) is 21.9. The summed E-state index contributed by atoms with van der Waals surface area (Å²) in [5.74, 6) is 0.443. The first-order valence-electron chi connectivity index (χ1n) is 8.62. The van der Waals surface area contributed by atoms with Crippen LogP contribution in [0.15, 0.2) is 54.6 Å². The van der Waals surface area contributed by atoms with E-state index in [4.69, 9.17) is 16.3 Å². The van der Waals surface area contributed by atoms with Gasteiger partial charge in [0.15, 0.2) is 0 Å². The van der Waals surface area contributed by atoms with Gasteiger partial charge < -0.3 is 10.1 Å². The van der Waals surface area contributed by atoms with E-state index in [-0.39, 0.29) is 12.4 Å². The number of hydrogen-bond donors (Lipinski definition) is 2. The van der Waals surface area contributed by atoms with Crippen molar-refractivity contribution in [3.8, 4) is 5.88 Å². The molecule has 0 aliphatic rings. The van der Waals surface area contributed by atoms with Gasteiger partial charge in [0.2, 0.25) is 15.9 Å². The smallest absolute Gasteiger partial charge is 0.229 e. The van der Waals surface area contributed by atoms with E-state index in [1.807, 2.05) is 18.2 Å². The molecule has 30 heavy (non-hydrogen) atoms. The zero-order chi connectivity index (χ0) is 20.6. The summed E-state index contributed by atoms with van der Waals surface area (Å²) in [6.45, 7) is 0. The Hall–Kier alpha value is -2.81. The fourth-order valence-electron chi connectivity index (χ4n) is 3.03. The molecule has 7 nitrogen and oxygen atoms in total. The zero-order valence-corrected chi connectivity index (χ0v) is 18.4. The van der Waals surface area contributed by atoms with Crippen LogP contribution in [0.1, 0.15) is 0 Å². The average molecular weight is 465 g/mol. The van der Waals surface area contributed by atoms with Crippen molar-refractivity contribution in [2.75, 3.05) is 23.4 Å². The number of rotatable bonds is 5. The molecule has 0 radical (unpaired) electrons. The Labute approximate surface area is 184 Å². The highest BCUT2D eigenvalue weighted by molar-refractivity contribution is 7.92. The summed E-state index contributed by atoms with van der Waals surface area (Å²) in [4.78, 5) is 9.19. The third-order valence-corrected chi connectivity index (χ3v) is 5.07. The molecule has 2 aromatic heterocycles. The minimum absolute atomic E-state index is 0. The van der Waals surface area contributed by atoms with Crippen LogP contribution in [-0.4, -0.2) is 31.8 Å². The van der Waals surface area contributed by atoms with E-state index in [1.165, 1.54) is 0 Å². The molecular weight excluding hydrogens is 447 g/mol. The summed E-state index contributed by atoms with van der Waals surface area (Å²) in [6, 6.07) is 16.0. The molecule has 2 N–H and O–H groups in total. The standard InChI is InChI=1S/C20H17ClN4O3S.ClH/c1-28-18-10-9-16-20(24-18)19(13-8-7-12(21)11-17(13)22-16)23-14-5-3-4-6-15(14)25-29(2,26)27;/h3-11,25H,1-2H3,(H,22,23);1H. The second-order valence-corrected chi connectivity index (χ2v) is 8.60. The molecule has 0 unspecified atom stereocenters. The van der Waals surface area contributed by atoms with Gasteiger partial charge in [-0.3, -0.25) is 4.72 Å². The lowest BCUT2D eigenvalue weighted by molar-refractivity contribution is 0.399. The van der Waals surface area contributed by atoms with Gasteiger partial charge in [-0.05, 0) is 36.4 Å². The lowest BCUT2D eigenvalue weighted by atomic mass is 10.1. The van der Waals surface area contributed by atoms with E-state index in [9.17, 15) is 8.42 Å². The van der Waals surface area contributed by atoms with E-state index in [1.54, 1.807) is 43.5 Å². The molecule has 10 heteroatoms. The second kappa shape index (κ2) is 8.51. The summed E-state index contributed by atoms with van der Waals surface area (Å²) >= 11 is 6.16. The molecule has 0 aliphatic heterocycles. The van der Waals surface area contributed by atoms with Crippen molar-refractivity contribution in [2.24, 2.45) is 0 Å². The number of sulfonamides is 1. The quantitative estimate of drug-likeness (QED) is 0.404. The Balaban J connectivity index is 0.00000256. The van der Waals surface area contributed by atoms with Crippen molar-refractivity contribution >= 4 is 73.0 Å². The molecule has 2 aromatic carbocycles. The number of ether oxygens (including phenoxy) is 1. The SMILES string of the molecule is COc1ccc2nc3cc(Cl)ccc3c(Nc3ccccc3NS(C)(=O)=O)c2n1.Cl.